The fourth-order valence-corrected chi connectivity index (χ4v) is 5.03. The summed E-state index contributed by atoms with van der Waals surface area (Å²) in [5, 5.41) is 3.57. The van der Waals surface area contributed by atoms with Gasteiger partial charge in [-0.2, -0.15) is 0 Å². The molecule has 2 heterocycles. The van der Waals surface area contributed by atoms with Gasteiger partial charge < -0.3 is 4.74 Å². The van der Waals surface area contributed by atoms with Gasteiger partial charge in [0.05, 0.1) is 5.69 Å². The van der Waals surface area contributed by atoms with E-state index in [1.165, 1.54) is 16.0 Å². The van der Waals surface area contributed by atoms with Crippen LogP contribution < -0.4 is 10.1 Å². The average Bonchev–Trinajstić information content (AvgIpc) is 3.09. The van der Waals surface area contributed by atoms with Crippen LogP contribution in [0.1, 0.15) is 32.8 Å². The van der Waals surface area contributed by atoms with Crippen LogP contribution in [0, 0.1) is 20.8 Å². The number of aryl methyl sites for hydroxylation is 3. The molecule has 0 bridgehead atoms. The minimum Gasteiger partial charge on any atom is -0.483 e. The number of hydrogen-bond acceptors (Lipinski definition) is 5. The van der Waals surface area contributed by atoms with Crippen molar-refractivity contribution >= 4 is 22.4 Å². The maximum atomic E-state index is 12.4. The summed E-state index contributed by atoms with van der Waals surface area (Å²) in [4.78, 5) is 20.7. The van der Waals surface area contributed by atoms with Gasteiger partial charge >= 0.3 is 0 Å². The van der Waals surface area contributed by atoms with Crippen molar-refractivity contribution in [3.63, 3.8) is 0 Å². The van der Waals surface area contributed by atoms with E-state index >= 15 is 0 Å². The third-order valence-electron chi connectivity index (χ3n) is 5.26. The van der Waals surface area contributed by atoms with Gasteiger partial charge in [0.25, 0.3) is 5.91 Å². The van der Waals surface area contributed by atoms with Gasteiger partial charge in [0, 0.05) is 30.9 Å². The van der Waals surface area contributed by atoms with Gasteiger partial charge in [0.1, 0.15) is 5.75 Å². The van der Waals surface area contributed by atoms with E-state index in [-0.39, 0.29) is 12.5 Å². The zero-order valence-electron chi connectivity index (χ0n) is 17.7. The first-order chi connectivity index (χ1) is 14.5. The number of ether oxygens (including phenoxy) is 1. The second-order valence-corrected chi connectivity index (χ2v) is 8.98. The molecule has 0 radical (unpaired) electrons. The third kappa shape index (κ3) is 4.89. The van der Waals surface area contributed by atoms with Crippen molar-refractivity contribution in [1.82, 2.24) is 9.88 Å². The Labute approximate surface area is 181 Å². The second-order valence-electron chi connectivity index (χ2n) is 7.90. The SMILES string of the molecule is Cc1cc(C)c(OCC(=O)Nc2nc3c(s2)CN(Cc2ccccc2)CC3)c(C)c1. The quantitative estimate of drug-likeness (QED) is 0.630. The number of amides is 1. The van der Waals surface area contributed by atoms with E-state index in [1.54, 1.807) is 11.3 Å². The van der Waals surface area contributed by atoms with E-state index in [2.05, 4.69) is 58.5 Å². The van der Waals surface area contributed by atoms with Gasteiger partial charge in [0.15, 0.2) is 11.7 Å². The highest BCUT2D eigenvalue weighted by Gasteiger charge is 2.21. The number of nitrogens with one attached hydrogen (secondary N) is 1. The molecule has 0 saturated carbocycles. The number of rotatable bonds is 6. The molecule has 6 heteroatoms. The highest BCUT2D eigenvalue weighted by atomic mass is 32.1. The Kier molecular flexibility index (Phi) is 6.16. The standard InChI is InChI=1S/C24H27N3O2S/c1-16-11-17(2)23(18(3)12-16)29-15-22(28)26-24-25-20-9-10-27(14-21(20)30-24)13-19-7-5-4-6-8-19/h4-8,11-12H,9-10,13-15H2,1-3H3,(H,25,26,28). The normalized spacial score (nSPS) is 13.7. The zero-order valence-corrected chi connectivity index (χ0v) is 18.5. The lowest BCUT2D eigenvalue weighted by Crippen LogP contribution is -2.29. The molecular weight excluding hydrogens is 394 g/mol. The van der Waals surface area contributed by atoms with Crippen molar-refractivity contribution < 1.29 is 9.53 Å². The maximum absolute atomic E-state index is 12.4. The second kappa shape index (κ2) is 8.98. The Morgan fingerprint density at radius 2 is 1.90 bits per heavy atom. The Bertz CT molecular complexity index is 1020. The van der Waals surface area contributed by atoms with Crippen molar-refractivity contribution in [2.75, 3.05) is 18.5 Å². The molecular formula is C24H27N3O2S. The van der Waals surface area contributed by atoms with Crippen LogP contribution in [0.5, 0.6) is 5.75 Å². The fourth-order valence-electron chi connectivity index (χ4n) is 3.97. The molecule has 4 rings (SSSR count). The predicted octanol–water partition coefficient (Wildman–Crippen LogP) is 4.64. The van der Waals surface area contributed by atoms with E-state index in [4.69, 9.17) is 4.74 Å². The van der Waals surface area contributed by atoms with Crippen LogP contribution in [0.25, 0.3) is 0 Å². The molecule has 1 amide bonds. The smallest absolute Gasteiger partial charge is 0.264 e. The summed E-state index contributed by atoms with van der Waals surface area (Å²) >= 11 is 1.57. The van der Waals surface area contributed by atoms with E-state index in [1.807, 2.05) is 19.9 Å². The van der Waals surface area contributed by atoms with Crippen LogP contribution >= 0.6 is 11.3 Å². The molecule has 0 fully saturated rings. The molecule has 2 aromatic carbocycles. The predicted molar refractivity (Wildman–Crippen MR) is 121 cm³/mol. The summed E-state index contributed by atoms with van der Waals surface area (Å²) < 4.78 is 5.80. The number of hydrogen-bond donors (Lipinski definition) is 1. The summed E-state index contributed by atoms with van der Waals surface area (Å²) in [6.07, 6.45) is 0.910. The topological polar surface area (TPSA) is 54.5 Å². The molecule has 1 aromatic heterocycles. The summed E-state index contributed by atoms with van der Waals surface area (Å²) in [5.74, 6) is 0.604. The highest BCUT2D eigenvalue weighted by molar-refractivity contribution is 7.15. The first-order valence-electron chi connectivity index (χ1n) is 10.2. The molecule has 5 nitrogen and oxygen atoms in total. The van der Waals surface area contributed by atoms with Crippen LogP contribution in [-0.4, -0.2) is 28.9 Å². The van der Waals surface area contributed by atoms with Gasteiger partial charge in [-0.15, -0.1) is 11.3 Å². The van der Waals surface area contributed by atoms with Crippen molar-refractivity contribution in [3.05, 3.63) is 75.3 Å². The van der Waals surface area contributed by atoms with E-state index < -0.39 is 0 Å². The molecule has 0 spiro atoms. The lowest BCUT2D eigenvalue weighted by atomic mass is 10.1. The number of benzene rings is 2. The molecule has 0 atom stereocenters. The molecule has 0 unspecified atom stereocenters. The van der Waals surface area contributed by atoms with Crippen LogP contribution in [0.2, 0.25) is 0 Å². The van der Waals surface area contributed by atoms with Gasteiger partial charge in [-0.1, -0.05) is 48.0 Å². The van der Waals surface area contributed by atoms with E-state index in [0.29, 0.717) is 5.13 Å². The van der Waals surface area contributed by atoms with Crippen molar-refractivity contribution in [1.29, 1.82) is 0 Å². The summed E-state index contributed by atoms with van der Waals surface area (Å²) in [7, 11) is 0. The van der Waals surface area contributed by atoms with Crippen LogP contribution in [0.4, 0.5) is 5.13 Å². The lowest BCUT2D eigenvalue weighted by Gasteiger charge is -2.25. The van der Waals surface area contributed by atoms with E-state index in [9.17, 15) is 4.79 Å². The Morgan fingerprint density at radius 1 is 1.17 bits per heavy atom. The van der Waals surface area contributed by atoms with Crippen LogP contribution in [0.3, 0.4) is 0 Å². The maximum Gasteiger partial charge on any atom is 0.264 e. The molecule has 1 aliphatic heterocycles. The molecule has 3 aromatic rings. The average molecular weight is 422 g/mol. The van der Waals surface area contributed by atoms with Crippen LogP contribution in [0.15, 0.2) is 42.5 Å². The Morgan fingerprint density at radius 3 is 2.63 bits per heavy atom. The molecule has 30 heavy (non-hydrogen) atoms. The minimum absolute atomic E-state index is 0.0187. The summed E-state index contributed by atoms with van der Waals surface area (Å²) in [6.45, 7) is 8.83. The van der Waals surface area contributed by atoms with Crippen molar-refractivity contribution in [2.45, 2.75) is 40.3 Å². The number of fused-ring (bicyclic) bond motifs is 1. The van der Waals surface area contributed by atoms with Crippen molar-refractivity contribution in [2.24, 2.45) is 0 Å². The first-order valence-corrected chi connectivity index (χ1v) is 11.0. The summed E-state index contributed by atoms with van der Waals surface area (Å²) in [6, 6.07) is 14.6. The first kappa shape index (κ1) is 20.6. The van der Waals surface area contributed by atoms with Crippen molar-refractivity contribution in [3.8, 4) is 5.75 Å². The monoisotopic (exact) mass is 421 g/mol. The van der Waals surface area contributed by atoms with Gasteiger partial charge in [-0.05, 0) is 37.5 Å². The molecule has 1 N–H and O–H groups in total. The fraction of sp³-hybridized carbons (Fsp3) is 0.333. The number of carbonyl (C=O) groups is 1. The minimum atomic E-state index is -0.179. The molecule has 0 saturated heterocycles. The zero-order chi connectivity index (χ0) is 21.1. The highest BCUT2D eigenvalue weighted by Crippen LogP contribution is 2.29. The van der Waals surface area contributed by atoms with Gasteiger partial charge in [-0.3, -0.25) is 15.0 Å². The molecule has 0 aliphatic carbocycles. The number of nitrogens with zero attached hydrogens (tertiary/aromatic N) is 2. The Hall–Kier alpha value is -2.70. The number of anilines is 1. The van der Waals surface area contributed by atoms with E-state index in [0.717, 1.165) is 48.6 Å². The summed E-state index contributed by atoms with van der Waals surface area (Å²) in [5.41, 5.74) is 5.70. The van der Waals surface area contributed by atoms with Gasteiger partial charge in [0.2, 0.25) is 0 Å². The lowest BCUT2D eigenvalue weighted by molar-refractivity contribution is -0.118. The molecule has 1 aliphatic rings. The molecule has 156 valence electrons. The third-order valence-corrected chi connectivity index (χ3v) is 6.26. The van der Waals surface area contributed by atoms with Gasteiger partial charge in [-0.25, -0.2) is 4.98 Å². The van der Waals surface area contributed by atoms with Crippen LogP contribution in [-0.2, 0) is 24.3 Å². The largest absolute Gasteiger partial charge is 0.483 e. The number of carbonyl (C=O) groups excluding carboxylic acids is 1. The Balaban J connectivity index is 1.34. The number of aromatic nitrogens is 1. The number of thiazole rings is 1.